The van der Waals surface area contributed by atoms with Crippen molar-refractivity contribution >= 4 is 32.9 Å². The van der Waals surface area contributed by atoms with Crippen LogP contribution in [0.15, 0.2) is 4.99 Å². The Kier molecular flexibility index (Phi) is 5.87. The molecule has 104 valence electrons. The van der Waals surface area contributed by atoms with E-state index in [1.54, 1.807) is 0 Å². The Morgan fingerprint density at radius 2 is 2.11 bits per heavy atom. The fourth-order valence-electron chi connectivity index (χ4n) is 2.69. The zero-order valence-electron chi connectivity index (χ0n) is 11.6. The number of alkyl halides is 1. The van der Waals surface area contributed by atoms with Gasteiger partial charge in [0.2, 0.25) is 0 Å². The average Bonchev–Trinajstić information content (AvgIpc) is 2.99. The van der Waals surface area contributed by atoms with Crippen molar-refractivity contribution in [3.63, 3.8) is 0 Å². The second kappa shape index (κ2) is 7.18. The zero-order valence-corrected chi connectivity index (χ0v) is 14.0. The molecule has 0 N–H and O–H groups in total. The highest BCUT2D eigenvalue weighted by atomic mass is 79.9. The Balaban J connectivity index is 1.95. The van der Waals surface area contributed by atoms with Crippen LogP contribution < -0.4 is 0 Å². The molecule has 0 saturated heterocycles. The quantitative estimate of drug-likeness (QED) is 0.703. The number of hydrogen-bond donors (Lipinski definition) is 0. The smallest absolute Gasteiger partial charge is 0.159 e. The fourth-order valence-corrected chi connectivity index (χ4v) is 4.33. The summed E-state index contributed by atoms with van der Waals surface area (Å²) in [7, 11) is 0. The van der Waals surface area contributed by atoms with Crippen LogP contribution in [0.3, 0.4) is 0 Å². The van der Waals surface area contributed by atoms with E-state index in [1.807, 2.05) is 11.8 Å². The number of nitrogens with zero attached hydrogens (tertiary/aromatic N) is 2. The normalized spacial score (nSPS) is 24.9. The Labute approximate surface area is 124 Å². The standard InChI is InChI=1S/C14H25BrN2S/c1-11(2)7-8-17(12-5-3-4-6-12)14-16-10-13(9-15)18-14/h11-13H,3-10H2,1-2H3. The van der Waals surface area contributed by atoms with Crippen molar-refractivity contribution < 1.29 is 0 Å². The van der Waals surface area contributed by atoms with Gasteiger partial charge in [-0.3, -0.25) is 4.99 Å². The predicted molar refractivity (Wildman–Crippen MR) is 85.9 cm³/mol. The van der Waals surface area contributed by atoms with Crippen LogP contribution >= 0.6 is 27.7 Å². The van der Waals surface area contributed by atoms with Gasteiger partial charge in [0.05, 0.1) is 6.54 Å². The molecule has 1 atom stereocenters. The van der Waals surface area contributed by atoms with Crippen molar-refractivity contribution in [2.75, 3.05) is 18.4 Å². The van der Waals surface area contributed by atoms with Gasteiger partial charge in [0, 0.05) is 23.2 Å². The van der Waals surface area contributed by atoms with Crippen LogP contribution in [0.1, 0.15) is 46.0 Å². The summed E-state index contributed by atoms with van der Waals surface area (Å²) in [6.07, 6.45) is 6.84. The van der Waals surface area contributed by atoms with Crippen LogP contribution in [-0.2, 0) is 0 Å². The van der Waals surface area contributed by atoms with E-state index in [1.165, 1.54) is 43.8 Å². The fraction of sp³-hybridized carbons (Fsp3) is 0.929. The molecule has 1 aliphatic carbocycles. The number of halogens is 1. The first-order valence-electron chi connectivity index (χ1n) is 7.24. The lowest BCUT2D eigenvalue weighted by Crippen LogP contribution is -2.38. The molecule has 0 aromatic carbocycles. The van der Waals surface area contributed by atoms with E-state index >= 15 is 0 Å². The first-order chi connectivity index (χ1) is 8.70. The lowest BCUT2D eigenvalue weighted by Gasteiger charge is -2.31. The van der Waals surface area contributed by atoms with Gasteiger partial charge in [0.15, 0.2) is 5.17 Å². The number of aliphatic imine (C=N–C) groups is 1. The molecule has 0 spiro atoms. The van der Waals surface area contributed by atoms with Crippen LogP contribution in [0.2, 0.25) is 0 Å². The summed E-state index contributed by atoms with van der Waals surface area (Å²) >= 11 is 5.57. The molecule has 1 fully saturated rings. The first-order valence-corrected chi connectivity index (χ1v) is 9.24. The summed E-state index contributed by atoms with van der Waals surface area (Å²) in [5.41, 5.74) is 0. The van der Waals surface area contributed by atoms with E-state index in [0.29, 0.717) is 5.25 Å². The van der Waals surface area contributed by atoms with E-state index in [2.05, 4.69) is 34.7 Å². The van der Waals surface area contributed by atoms with Crippen LogP contribution in [-0.4, -0.2) is 39.8 Å². The lowest BCUT2D eigenvalue weighted by molar-refractivity contribution is 0.301. The zero-order chi connectivity index (χ0) is 13.0. The van der Waals surface area contributed by atoms with Crippen LogP contribution in [0.4, 0.5) is 0 Å². The molecule has 18 heavy (non-hydrogen) atoms. The van der Waals surface area contributed by atoms with Crippen molar-refractivity contribution in [3.8, 4) is 0 Å². The third-order valence-corrected chi connectivity index (χ3v) is 6.27. The highest BCUT2D eigenvalue weighted by Gasteiger charge is 2.29. The largest absolute Gasteiger partial charge is 0.348 e. The Hall–Kier alpha value is 0.300. The SMILES string of the molecule is CC(C)CCN(C1=NCC(CBr)S1)C1CCCC1. The minimum atomic E-state index is 0.656. The van der Waals surface area contributed by atoms with Gasteiger partial charge < -0.3 is 4.90 Å². The minimum Gasteiger partial charge on any atom is -0.348 e. The van der Waals surface area contributed by atoms with Crippen LogP contribution in [0, 0.1) is 5.92 Å². The summed E-state index contributed by atoms with van der Waals surface area (Å²) < 4.78 is 0. The Bertz CT molecular complexity index is 288. The number of thioether (sulfide) groups is 1. The summed E-state index contributed by atoms with van der Waals surface area (Å²) in [5.74, 6) is 0.785. The lowest BCUT2D eigenvalue weighted by atomic mass is 10.1. The number of rotatable bonds is 5. The van der Waals surface area contributed by atoms with Gasteiger partial charge in [-0.05, 0) is 25.2 Å². The second-order valence-corrected chi connectivity index (χ2v) is 7.75. The molecule has 0 radical (unpaired) electrons. The molecule has 0 amide bonds. The molecule has 2 nitrogen and oxygen atoms in total. The van der Waals surface area contributed by atoms with Gasteiger partial charge in [-0.2, -0.15) is 0 Å². The molecular formula is C14H25BrN2S. The predicted octanol–water partition coefficient (Wildman–Crippen LogP) is 4.14. The highest BCUT2D eigenvalue weighted by molar-refractivity contribution is 9.09. The average molecular weight is 333 g/mol. The van der Waals surface area contributed by atoms with Gasteiger partial charge in [0.25, 0.3) is 0 Å². The van der Waals surface area contributed by atoms with E-state index in [0.717, 1.165) is 23.8 Å². The van der Waals surface area contributed by atoms with Gasteiger partial charge in [0.1, 0.15) is 0 Å². The van der Waals surface area contributed by atoms with Crippen molar-refractivity contribution in [3.05, 3.63) is 0 Å². The summed E-state index contributed by atoms with van der Waals surface area (Å²) in [6.45, 7) is 6.83. The van der Waals surface area contributed by atoms with Gasteiger partial charge >= 0.3 is 0 Å². The summed E-state index contributed by atoms with van der Waals surface area (Å²) in [4.78, 5) is 7.41. The summed E-state index contributed by atoms with van der Waals surface area (Å²) in [5, 5.41) is 3.04. The van der Waals surface area contributed by atoms with E-state index in [-0.39, 0.29) is 0 Å². The maximum Gasteiger partial charge on any atom is 0.159 e. The molecule has 1 unspecified atom stereocenters. The Morgan fingerprint density at radius 3 is 2.67 bits per heavy atom. The molecule has 1 saturated carbocycles. The topological polar surface area (TPSA) is 15.6 Å². The third-order valence-electron chi connectivity index (χ3n) is 3.83. The van der Waals surface area contributed by atoms with E-state index < -0.39 is 0 Å². The molecule has 4 heteroatoms. The van der Waals surface area contributed by atoms with Crippen molar-refractivity contribution in [2.45, 2.75) is 57.2 Å². The molecular weight excluding hydrogens is 308 g/mol. The van der Waals surface area contributed by atoms with E-state index in [4.69, 9.17) is 4.99 Å². The first kappa shape index (κ1) is 14.7. The molecule has 2 rings (SSSR count). The monoisotopic (exact) mass is 332 g/mol. The number of hydrogen-bond acceptors (Lipinski definition) is 3. The van der Waals surface area contributed by atoms with Gasteiger partial charge in [-0.15, -0.1) is 0 Å². The summed E-state index contributed by atoms with van der Waals surface area (Å²) in [6, 6.07) is 0.768. The van der Waals surface area contributed by atoms with Crippen molar-refractivity contribution in [1.82, 2.24) is 4.90 Å². The third kappa shape index (κ3) is 3.89. The molecule has 0 bridgehead atoms. The second-order valence-electron chi connectivity index (χ2n) is 5.83. The van der Waals surface area contributed by atoms with Crippen molar-refractivity contribution in [2.24, 2.45) is 10.9 Å². The van der Waals surface area contributed by atoms with E-state index in [9.17, 15) is 0 Å². The van der Waals surface area contributed by atoms with Crippen LogP contribution in [0.5, 0.6) is 0 Å². The molecule has 1 heterocycles. The molecule has 2 aliphatic rings. The minimum absolute atomic E-state index is 0.656. The Morgan fingerprint density at radius 1 is 1.39 bits per heavy atom. The van der Waals surface area contributed by atoms with Gasteiger partial charge in [-0.1, -0.05) is 54.4 Å². The van der Waals surface area contributed by atoms with Gasteiger partial charge in [-0.25, -0.2) is 0 Å². The molecule has 0 aromatic rings. The highest BCUT2D eigenvalue weighted by Crippen LogP contribution is 2.31. The van der Waals surface area contributed by atoms with Crippen molar-refractivity contribution in [1.29, 1.82) is 0 Å². The maximum absolute atomic E-state index is 4.79. The maximum atomic E-state index is 4.79. The molecule has 1 aliphatic heterocycles. The molecule has 0 aromatic heterocycles. The van der Waals surface area contributed by atoms with Crippen LogP contribution in [0.25, 0.3) is 0 Å². The number of amidine groups is 1.